The number of carbonyl (C=O) groups excluding carboxylic acids is 1. The van der Waals surface area contributed by atoms with Crippen LogP contribution in [-0.4, -0.2) is 95.3 Å². The zero-order chi connectivity index (χ0) is 24.2. The summed E-state index contributed by atoms with van der Waals surface area (Å²) in [6.45, 7) is 3.87. The van der Waals surface area contributed by atoms with E-state index in [1.54, 1.807) is 0 Å². The molecule has 0 unspecified atom stereocenters. The van der Waals surface area contributed by atoms with Gasteiger partial charge in [-0.1, -0.05) is 44.9 Å². The highest BCUT2D eigenvalue weighted by molar-refractivity contribution is 7.80. The molecule has 0 aliphatic heterocycles. The molecule has 2 N–H and O–H groups in total. The summed E-state index contributed by atoms with van der Waals surface area (Å²) >= 11 is 4.23. The molecule has 33 heavy (non-hydrogen) atoms. The molecule has 0 fully saturated rings. The molecule has 0 saturated carbocycles. The van der Waals surface area contributed by atoms with Crippen LogP contribution in [0.2, 0.25) is 0 Å². The Morgan fingerprint density at radius 3 is 1.42 bits per heavy atom. The number of thiol groups is 1. The van der Waals surface area contributed by atoms with Gasteiger partial charge in [0.05, 0.1) is 52.9 Å². The highest BCUT2D eigenvalue weighted by atomic mass is 32.1. The molecule has 0 aliphatic rings. The van der Waals surface area contributed by atoms with Crippen LogP contribution >= 0.6 is 12.6 Å². The Kier molecular flexibility index (Phi) is 26.6. The SMILES string of the molecule is O=C(O)CNC(=O)COCCOCCOCCOCCOCCCCCCCCCCCS. The van der Waals surface area contributed by atoms with Crippen LogP contribution < -0.4 is 5.32 Å². The van der Waals surface area contributed by atoms with E-state index >= 15 is 0 Å². The van der Waals surface area contributed by atoms with E-state index in [4.69, 9.17) is 28.8 Å². The van der Waals surface area contributed by atoms with E-state index in [1.807, 2.05) is 0 Å². The topological polar surface area (TPSA) is 113 Å². The maximum Gasteiger partial charge on any atom is 0.322 e. The Morgan fingerprint density at radius 1 is 0.576 bits per heavy atom. The first-order valence-electron chi connectivity index (χ1n) is 12.1. The van der Waals surface area contributed by atoms with Crippen molar-refractivity contribution in [2.24, 2.45) is 0 Å². The lowest BCUT2D eigenvalue weighted by molar-refractivity contribution is -0.138. The molecule has 0 aromatic rings. The zero-order valence-electron chi connectivity index (χ0n) is 20.1. The molecular formula is C23H45NO8S. The fourth-order valence-electron chi connectivity index (χ4n) is 2.82. The maximum absolute atomic E-state index is 11.2. The first-order valence-corrected chi connectivity index (χ1v) is 12.8. The average Bonchev–Trinajstić information content (AvgIpc) is 2.80. The van der Waals surface area contributed by atoms with Crippen molar-refractivity contribution in [3.8, 4) is 0 Å². The number of hydrogen-bond donors (Lipinski definition) is 3. The molecule has 0 atom stereocenters. The fraction of sp³-hybridized carbons (Fsp3) is 0.913. The summed E-state index contributed by atoms with van der Waals surface area (Å²) in [6.07, 6.45) is 11.6. The van der Waals surface area contributed by atoms with Gasteiger partial charge in [0, 0.05) is 6.61 Å². The first-order chi connectivity index (χ1) is 16.2. The zero-order valence-corrected chi connectivity index (χ0v) is 21.0. The highest BCUT2D eigenvalue weighted by Gasteiger charge is 2.03. The van der Waals surface area contributed by atoms with E-state index in [1.165, 1.54) is 51.4 Å². The Hall–Kier alpha value is -0.910. The van der Waals surface area contributed by atoms with Crippen molar-refractivity contribution in [1.82, 2.24) is 5.32 Å². The summed E-state index contributed by atoms with van der Waals surface area (Å²) in [5, 5.41) is 10.6. The van der Waals surface area contributed by atoms with Crippen molar-refractivity contribution in [3.63, 3.8) is 0 Å². The molecule has 0 aromatic heterocycles. The van der Waals surface area contributed by atoms with Crippen LogP contribution in [0.3, 0.4) is 0 Å². The van der Waals surface area contributed by atoms with Gasteiger partial charge in [-0.3, -0.25) is 9.59 Å². The van der Waals surface area contributed by atoms with E-state index in [0.29, 0.717) is 46.2 Å². The number of nitrogens with one attached hydrogen (secondary N) is 1. The van der Waals surface area contributed by atoms with Gasteiger partial charge in [-0.25, -0.2) is 0 Å². The second-order valence-electron chi connectivity index (χ2n) is 7.58. The van der Waals surface area contributed by atoms with Crippen molar-refractivity contribution in [2.75, 3.05) is 78.4 Å². The molecule has 9 nitrogen and oxygen atoms in total. The number of unbranched alkanes of at least 4 members (excludes halogenated alkanes) is 8. The number of carboxylic acids is 1. The fourth-order valence-corrected chi connectivity index (χ4v) is 3.05. The van der Waals surface area contributed by atoms with E-state index in [0.717, 1.165) is 18.8 Å². The van der Waals surface area contributed by atoms with Gasteiger partial charge >= 0.3 is 5.97 Å². The Balaban J connectivity index is 3.08. The molecule has 0 rings (SSSR count). The Bertz CT molecular complexity index is 443. The molecule has 1 amide bonds. The molecule has 196 valence electrons. The summed E-state index contributed by atoms with van der Waals surface area (Å²) in [6, 6.07) is 0. The van der Waals surface area contributed by atoms with Gasteiger partial charge < -0.3 is 34.1 Å². The molecule has 0 spiro atoms. The van der Waals surface area contributed by atoms with E-state index in [9.17, 15) is 9.59 Å². The number of rotatable bonds is 27. The summed E-state index contributed by atoms with van der Waals surface area (Å²) in [5.41, 5.74) is 0. The number of carboxylic acid groups (broad SMARTS) is 1. The van der Waals surface area contributed by atoms with Gasteiger partial charge in [0.15, 0.2) is 0 Å². The van der Waals surface area contributed by atoms with Gasteiger partial charge in [-0.2, -0.15) is 12.6 Å². The third-order valence-corrected chi connectivity index (χ3v) is 4.92. The summed E-state index contributed by atoms with van der Waals surface area (Å²) in [7, 11) is 0. The van der Waals surface area contributed by atoms with Gasteiger partial charge in [0.1, 0.15) is 13.2 Å². The van der Waals surface area contributed by atoms with Crippen LogP contribution in [0.15, 0.2) is 0 Å². The van der Waals surface area contributed by atoms with Crippen LogP contribution in [0.25, 0.3) is 0 Å². The molecule has 0 aliphatic carbocycles. The second kappa shape index (κ2) is 27.3. The Labute approximate surface area is 204 Å². The number of amides is 1. The largest absolute Gasteiger partial charge is 0.480 e. The third kappa shape index (κ3) is 29.1. The van der Waals surface area contributed by atoms with Crippen LogP contribution in [0.5, 0.6) is 0 Å². The second-order valence-corrected chi connectivity index (χ2v) is 8.03. The van der Waals surface area contributed by atoms with E-state index in [-0.39, 0.29) is 13.2 Å². The lowest BCUT2D eigenvalue weighted by Crippen LogP contribution is -2.32. The lowest BCUT2D eigenvalue weighted by Gasteiger charge is -2.08. The van der Waals surface area contributed by atoms with Crippen molar-refractivity contribution in [3.05, 3.63) is 0 Å². The minimum absolute atomic E-state index is 0.189. The van der Waals surface area contributed by atoms with Gasteiger partial charge in [0.2, 0.25) is 5.91 Å². The number of ether oxygens (including phenoxy) is 5. The normalized spacial score (nSPS) is 11.1. The van der Waals surface area contributed by atoms with Crippen LogP contribution in [0.4, 0.5) is 0 Å². The summed E-state index contributed by atoms with van der Waals surface area (Å²) in [4.78, 5) is 21.5. The van der Waals surface area contributed by atoms with Gasteiger partial charge in [-0.05, 0) is 18.6 Å². The molecule has 0 radical (unpaired) electrons. The van der Waals surface area contributed by atoms with Crippen LogP contribution in [-0.2, 0) is 33.3 Å². The average molecular weight is 496 g/mol. The smallest absolute Gasteiger partial charge is 0.322 e. The van der Waals surface area contributed by atoms with Crippen molar-refractivity contribution < 1.29 is 38.4 Å². The number of hydrogen-bond acceptors (Lipinski definition) is 8. The minimum atomic E-state index is -1.09. The molecular weight excluding hydrogens is 450 g/mol. The van der Waals surface area contributed by atoms with Gasteiger partial charge in [-0.15, -0.1) is 0 Å². The molecule has 0 bridgehead atoms. The number of carbonyl (C=O) groups is 2. The van der Waals surface area contributed by atoms with Crippen LogP contribution in [0.1, 0.15) is 57.8 Å². The monoisotopic (exact) mass is 495 g/mol. The molecule has 0 aromatic carbocycles. The first kappa shape index (κ1) is 32.1. The quantitative estimate of drug-likeness (QED) is 0.118. The third-order valence-electron chi connectivity index (χ3n) is 4.60. The molecule has 10 heteroatoms. The predicted octanol–water partition coefficient (Wildman–Crippen LogP) is 2.71. The molecule has 0 heterocycles. The van der Waals surface area contributed by atoms with Gasteiger partial charge in [0.25, 0.3) is 0 Å². The lowest BCUT2D eigenvalue weighted by atomic mass is 10.1. The van der Waals surface area contributed by atoms with Crippen molar-refractivity contribution in [1.29, 1.82) is 0 Å². The summed E-state index contributed by atoms with van der Waals surface area (Å²) in [5.74, 6) is -0.551. The number of aliphatic carboxylic acids is 1. The predicted molar refractivity (Wildman–Crippen MR) is 130 cm³/mol. The molecule has 0 saturated heterocycles. The minimum Gasteiger partial charge on any atom is -0.480 e. The van der Waals surface area contributed by atoms with E-state index in [2.05, 4.69) is 17.9 Å². The summed E-state index contributed by atoms with van der Waals surface area (Å²) < 4.78 is 26.8. The standard InChI is InChI=1S/C23H45NO8S/c25-22(24-20-23(26)27)21-32-18-17-31-16-15-30-14-13-29-12-11-28-10-8-6-4-2-1-3-5-7-9-19-33/h33H,1-21H2,(H,24,25)(H,26,27). The van der Waals surface area contributed by atoms with E-state index < -0.39 is 18.4 Å². The highest BCUT2D eigenvalue weighted by Crippen LogP contribution is 2.10. The van der Waals surface area contributed by atoms with Crippen molar-refractivity contribution in [2.45, 2.75) is 57.8 Å². The maximum atomic E-state index is 11.2. The van der Waals surface area contributed by atoms with Crippen molar-refractivity contribution >= 4 is 24.5 Å². The Morgan fingerprint density at radius 2 is 0.970 bits per heavy atom. The van der Waals surface area contributed by atoms with Crippen LogP contribution in [0, 0.1) is 0 Å².